The summed E-state index contributed by atoms with van der Waals surface area (Å²) in [7, 11) is -4.20. The number of nitrogens with two attached hydrogens (primary N) is 1. The molecule has 11 heteroatoms. The number of nitrogen functional groups attached to an aromatic ring is 1. The molecule has 0 radical (unpaired) electrons. The van der Waals surface area contributed by atoms with Gasteiger partial charge in [-0.1, -0.05) is 41.9 Å². The number of halogens is 2. The van der Waals surface area contributed by atoms with Crippen LogP contribution in [0.15, 0.2) is 66.4 Å². The SMILES string of the molecule is C=C/C=C(/C(=O)c1ncc(Cl)cc1NS(=O)(=O)c1ccc(C#N)c(Cl)c1)c1cc[nH]c1N. The first-order chi connectivity index (χ1) is 15.2. The average molecular weight is 488 g/mol. The number of aromatic amines is 1. The molecule has 0 bridgehead atoms. The van der Waals surface area contributed by atoms with E-state index in [1.165, 1.54) is 36.5 Å². The third-order valence-electron chi connectivity index (χ3n) is 4.28. The Bertz CT molecular complexity index is 1410. The standard InChI is InChI=1S/C21H15Cl2N5O3S/c1-2-3-15(16-6-7-26-21(16)25)20(29)19-18(8-13(22)11-27-19)28-32(30,31)14-5-4-12(10-24)17(23)9-14/h2-9,11,26,28H,1,25H2/b15-3+. The van der Waals surface area contributed by atoms with E-state index in [9.17, 15) is 13.2 Å². The van der Waals surface area contributed by atoms with E-state index < -0.39 is 15.8 Å². The quantitative estimate of drug-likeness (QED) is 0.255. The zero-order valence-electron chi connectivity index (χ0n) is 16.3. The second kappa shape index (κ2) is 9.28. The lowest BCUT2D eigenvalue weighted by Gasteiger charge is -2.13. The summed E-state index contributed by atoms with van der Waals surface area (Å²) in [5.41, 5.74) is 6.22. The third-order valence-corrected chi connectivity index (χ3v) is 6.17. The van der Waals surface area contributed by atoms with Gasteiger partial charge in [-0.2, -0.15) is 5.26 Å². The number of hydrogen-bond acceptors (Lipinski definition) is 6. The Balaban J connectivity index is 2.07. The second-order valence-corrected chi connectivity index (χ2v) is 8.88. The highest BCUT2D eigenvalue weighted by Crippen LogP contribution is 2.30. The summed E-state index contributed by atoms with van der Waals surface area (Å²) < 4.78 is 28.2. The summed E-state index contributed by atoms with van der Waals surface area (Å²) in [6.45, 7) is 3.61. The number of hydrogen-bond donors (Lipinski definition) is 3. The molecule has 0 spiro atoms. The molecule has 162 valence electrons. The highest BCUT2D eigenvalue weighted by molar-refractivity contribution is 7.92. The molecular formula is C21H15Cl2N5O3S. The van der Waals surface area contributed by atoms with Crippen molar-refractivity contribution in [3.63, 3.8) is 0 Å². The summed E-state index contributed by atoms with van der Waals surface area (Å²) in [6, 6.07) is 8.33. The molecule has 0 fully saturated rings. The van der Waals surface area contributed by atoms with Gasteiger partial charge in [0.05, 0.1) is 26.2 Å². The zero-order chi connectivity index (χ0) is 23.5. The molecular weight excluding hydrogens is 473 g/mol. The Labute approximate surface area is 194 Å². The molecule has 0 aliphatic heterocycles. The fraction of sp³-hybridized carbons (Fsp3) is 0. The molecule has 1 aromatic carbocycles. The van der Waals surface area contributed by atoms with Gasteiger partial charge >= 0.3 is 0 Å². The largest absolute Gasteiger partial charge is 0.385 e. The number of anilines is 2. The maximum Gasteiger partial charge on any atom is 0.262 e. The maximum atomic E-state index is 13.3. The summed E-state index contributed by atoms with van der Waals surface area (Å²) in [4.78, 5) is 19.9. The number of allylic oxidation sites excluding steroid dienone is 3. The van der Waals surface area contributed by atoms with E-state index in [0.29, 0.717) is 5.56 Å². The Hall–Kier alpha value is -3.58. The number of rotatable bonds is 7. The zero-order valence-corrected chi connectivity index (χ0v) is 18.6. The monoisotopic (exact) mass is 487 g/mol. The third kappa shape index (κ3) is 4.68. The molecule has 8 nitrogen and oxygen atoms in total. The van der Waals surface area contributed by atoms with Crippen molar-refractivity contribution in [3.05, 3.63) is 88.3 Å². The number of aromatic nitrogens is 2. The Morgan fingerprint density at radius 2 is 2.03 bits per heavy atom. The van der Waals surface area contributed by atoms with Gasteiger partial charge in [0.1, 0.15) is 17.6 Å². The van der Waals surface area contributed by atoms with Crippen molar-refractivity contribution < 1.29 is 13.2 Å². The average Bonchev–Trinajstić information content (AvgIpc) is 3.16. The normalized spacial score (nSPS) is 11.6. The van der Waals surface area contributed by atoms with Crippen molar-refractivity contribution >= 4 is 56.1 Å². The topological polar surface area (TPSA) is 142 Å². The van der Waals surface area contributed by atoms with E-state index in [0.717, 1.165) is 6.07 Å². The first-order valence-electron chi connectivity index (χ1n) is 8.86. The summed E-state index contributed by atoms with van der Waals surface area (Å²) in [5.74, 6) is -0.363. The van der Waals surface area contributed by atoms with Crippen molar-refractivity contribution in [2.75, 3.05) is 10.5 Å². The van der Waals surface area contributed by atoms with Crippen molar-refractivity contribution in [3.8, 4) is 6.07 Å². The van der Waals surface area contributed by atoms with Crippen molar-refractivity contribution in [2.45, 2.75) is 4.90 Å². The number of sulfonamides is 1. The molecule has 2 aromatic heterocycles. The molecule has 32 heavy (non-hydrogen) atoms. The number of pyridine rings is 1. The Kier molecular flexibility index (Phi) is 6.69. The molecule has 0 saturated carbocycles. The van der Waals surface area contributed by atoms with Gasteiger partial charge in [-0.05, 0) is 30.3 Å². The fourth-order valence-electron chi connectivity index (χ4n) is 2.81. The van der Waals surface area contributed by atoms with Crippen LogP contribution in [0.5, 0.6) is 0 Å². The predicted molar refractivity (Wildman–Crippen MR) is 124 cm³/mol. The molecule has 0 atom stereocenters. The van der Waals surface area contributed by atoms with Gasteiger partial charge in [-0.3, -0.25) is 9.52 Å². The molecule has 0 amide bonds. The van der Waals surface area contributed by atoms with Gasteiger partial charge in [-0.15, -0.1) is 0 Å². The molecule has 3 aromatic rings. The van der Waals surface area contributed by atoms with Crippen molar-refractivity contribution in [2.24, 2.45) is 0 Å². The van der Waals surface area contributed by atoms with Crippen LogP contribution in [0.1, 0.15) is 21.6 Å². The van der Waals surface area contributed by atoms with E-state index in [1.54, 1.807) is 12.3 Å². The highest BCUT2D eigenvalue weighted by Gasteiger charge is 2.25. The van der Waals surface area contributed by atoms with Gasteiger partial charge < -0.3 is 10.7 Å². The van der Waals surface area contributed by atoms with Crippen molar-refractivity contribution in [1.29, 1.82) is 5.26 Å². The van der Waals surface area contributed by atoms with Crippen LogP contribution in [0.25, 0.3) is 5.57 Å². The molecule has 0 saturated heterocycles. The Morgan fingerprint density at radius 3 is 2.62 bits per heavy atom. The number of benzene rings is 1. The van der Waals surface area contributed by atoms with E-state index in [2.05, 4.69) is 21.3 Å². The van der Waals surface area contributed by atoms with Gasteiger partial charge in [-0.25, -0.2) is 13.4 Å². The van der Waals surface area contributed by atoms with Crippen LogP contribution in [0.4, 0.5) is 11.5 Å². The molecule has 0 aliphatic rings. The molecule has 0 aliphatic carbocycles. The minimum atomic E-state index is -4.20. The van der Waals surface area contributed by atoms with Gasteiger partial charge in [0, 0.05) is 23.5 Å². The predicted octanol–water partition coefficient (Wildman–Crippen LogP) is 4.42. The van der Waals surface area contributed by atoms with Crippen LogP contribution < -0.4 is 10.5 Å². The lowest BCUT2D eigenvalue weighted by Crippen LogP contribution is -2.17. The number of carbonyl (C=O) groups excluding carboxylic acids is 1. The maximum absolute atomic E-state index is 13.3. The smallest absolute Gasteiger partial charge is 0.262 e. The van der Waals surface area contributed by atoms with Crippen LogP contribution >= 0.6 is 23.2 Å². The molecule has 3 rings (SSSR count). The number of ketones is 1. The lowest BCUT2D eigenvalue weighted by molar-refractivity contribution is 0.105. The van der Waals surface area contributed by atoms with Gasteiger partial charge in [0.25, 0.3) is 10.0 Å². The van der Waals surface area contributed by atoms with Crippen LogP contribution in [0, 0.1) is 11.3 Å². The van der Waals surface area contributed by atoms with Crippen LogP contribution in [0.2, 0.25) is 10.0 Å². The molecule has 0 unspecified atom stereocenters. The van der Waals surface area contributed by atoms with E-state index in [1.807, 2.05) is 6.07 Å². The first kappa shape index (κ1) is 23.1. The fourth-order valence-corrected chi connectivity index (χ4v) is 4.33. The summed E-state index contributed by atoms with van der Waals surface area (Å²) >= 11 is 12.0. The van der Waals surface area contributed by atoms with Gasteiger partial charge in [0.15, 0.2) is 0 Å². The van der Waals surface area contributed by atoms with Crippen LogP contribution in [0.3, 0.4) is 0 Å². The molecule has 4 N–H and O–H groups in total. The van der Waals surface area contributed by atoms with E-state index in [-0.39, 0.29) is 43.3 Å². The summed E-state index contributed by atoms with van der Waals surface area (Å²) in [5, 5.41) is 9.06. The van der Waals surface area contributed by atoms with Crippen molar-refractivity contribution in [1.82, 2.24) is 9.97 Å². The Morgan fingerprint density at radius 1 is 1.28 bits per heavy atom. The number of nitriles is 1. The van der Waals surface area contributed by atoms with E-state index in [4.69, 9.17) is 34.2 Å². The summed E-state index contributed by atoms with van der Waals surface area (Å²) in [6.07, 6.45) is 5.62. The van der Waals surface area contributed by atoms with Crippen LogP contribution in [-0.4, -0.2) is 24.2 Å². The number of nitrogens with one attached hydrogen (secondary N) is 2. The van der Waals surface area contributed by atoms with Crippen LogP contribution in [-0.2, 0) is 10.0 Å². The van der Waals surface area contributed by atoms with Gasteiger partial charge in [0.2, 0.25) is 5.78 Å². The van der Waals surface area contributed by atoms with E-state index >= 15 is 0 Å². The highest BCUT2D eigenvalue weighted by atomic mass is 35.5. The second-order valence-electron chi connectivity index (χ2n) is 6.36. The molecule has 2 heterocycles. The number of H-pyrrole nitrogens is 1. The number of nitrogens with zero attached hydrogens (tertiary/aromatic N) is 2. The number of Topliss-reactive ketones (excluding diaryl/α,β-unsaturated/α-hetero) is 1. The number of carbonyl (C=O) groups is 1. The first-order valence-corrected chi connectivity index (χ1v) is 11.1. The minimum Gasteiger partial charge on any atom is -0.385 e. The lowest BCUT2D eigenvalue weighted by atomic mass is 10.00. The minimum absolute atomic E-state index is 0.0324.